The highest BCUT2D eigenvalue weighted by atomic mass is 19.4. The van der Waals surface area contributed by atoms with Gasteiger partial charge in [0.25, 0.3) is 0 Å². The fourth-order valence-corrected chi connectivity index (χ4v) is 4.43. The van der Waals surface area contributed by atoms with Crippen LogP contribution >= 0.6 is 0 Å². The molecule has 1 N–H and O–H groups in total. The lowest BCUT2D eigenvalue weighted by Crippen LogP contribution is -2.39. The van der Waals surface area contributed by atoms with Gasteiger partial charge in [-0.25, -0.2) is 0 Å². The Morgan fingerprint density at radius 1 is 0.733 bits per heavy atom. The second-order valence-corrected chi connectivity index (χ2v) is 9.49. The van der Waals surface area contributed by atoms with Crippen LogP contribution < -0.4 is 24.3 Å². The van der Waals surface area contributed by atoms with Crippen molar-refractivity contribution in [1.29, 1.82) is 0 Å². The molecule has 0 aliphatic carbocycles. The number of ketones is 2. The summed E-state index contributed by atoms with van der Waals surface area (Å²) in [6.07, 6.45) is 1.25. The number of rotatable bonds is 14. The summed E-state index contributed by atoms with van der Waals surface area (Å²) in [5, 5.41) is 2.48. The lowest BCUT2D eigenvalue weighted by Gasteiger charge is -2.25. The SMILES string of the molecule is C=CC(=O)NC(c1cccc(C(F)(F)F)c1)C(C(=O)C=Cc1ccc(OC)c(OC)c1)C(=O)C=Cc1ccc(OC)c(OC)c1. The van der Waals surface area contributed by atoms with Gasteiger partial charge in [-0.05, 0) is 71.3 Å². The van der Waals surface area contributed by atoms with E-state index in [4.69, 9.17) is 18.9 Å². The molecule has 45 heavy (non-hydrogen) atoms. The number of hydrogen-bond acceptors (Lipinski definition) is 7. The van der Waals surface area contributed by atoms with Crippen LogP contribution in [0.4, 0.5) is 13.2 Å². The van der Waals surface area contributed by atoms with E-state index in [-0.39, 0.29) is 5.56 Å². The van der Waals surface area contributed by atoms with Gasteiger partial charge in [0.05, 0.1) is 40.0 Å². The molecule has 1 atom stereocenters. The first-order chi connectivity index (χ1) is 21.4. The molecule has 0 saturated heterocycles. The van der Waals surface area contributed by atoms with Gasteiger partial charge in [0.2, 0.25) is 5.91 Å². The van der Waals surface area contributed by atoms with Crippen LogP contribution in [-0.4, -0.2) is 45.9 Å². The largest absolute Gasteiger partial charge is 0.493 e. The average molecular weight is 624 g/mol. The van der Waals surface area contributed by atoms with Crippen molar-refractivity contribution in [2.24, 2.45) is 5.92 Å². The molecule has 0 bridgehead atoms. The average Bonchev–Trinajstić information content (AvgIpc) is 3.05. The molecule has 236 valence electrons. The molecule has 8 nitrogen and oxygen atoms in total. The lowest BCUT2D eigenvalue weighted by atomic mass is 9.84. The number of carbonyl (C=O) groups excluding carboxylic acids is 3. The van der Waals surface area contributed by atoms with Crippen LogP contribution in [0.2, 0.25) is 0 Å². The van der Waals surface area contributed by atoms with Gasteiger partial charge in [-0.2, -0.15) is 13.2 Å². The fraction of sp³-hybridized carbons (Fsp3) is 0.206. The van der Waals surface area contributed by atoms with E-state index >= 15 is 0 Å². The highest BCUT2D eigenvalue weighted by Gasteiger charge is 2.36. The van der Waals surface area contributed by atoms with E-state index < -0.39 is 41.2 Å². The first-order valence-electron chi connectivity index (χ1n) is 13.4. The summed E-state index contributed by atoms with van der Waals surface area (Å²) >= 11 is 0. The number of halogens is 3. The maximum absolute atomic E-state index is 13.8. The van der Waals surface area contributed by atoms with Gasteiger partial charge in [-0.1, -0.05) is 43.0 Å². The summed E-state index contributed by atoms with van der Waals surface area (Å²) in [6, 6.07) is 12.3. The Hall–Kier alpha value is -5.32. The van der Waals surface area contributed by atoms with Crippen molar-refractivity contribution in [2.75, 3.05) is 28.4 Å². The maximum Gasteiger partial charge on any atom is 0.416 e. The minimum atomic E-state index is -4.72. The monoisotopic (exact) mass is 623 g/mol. The van der Waals surface area contributed by atoms with Gasteiger partial charge in [0.15, 0.2) is 34.6 Å². The Bertz CT molecular complexity index is 1530. The van der Waals surface area contributed by atoms with Crippen molar-refractivity contribution in [3.63, 3.8) is 0 Å². The smallest absolute Gasteiger partial charge is 0.416 e. The van der Waals surface area contributed by atoms with Crippen LogP contribution in [0.5, 0.6) is 23.0 Å². The van der Waals surface area contributed by atoms with E-state index in [0.29, 0.717) is 34.1 Å². The number of alkyl halides is 3. The molecule has 1 amide bonds. The third-order valence-corrected chi connectivity index (χ3v) is 6.70. The van der Waals surface area contributed by atoms with E-state index in [2.05, 4.69) is 11.9 Å². The van der Waals surface area contributed by atoms with E-state index in [9.17, 15) is 27.6 Å². The molecule has 11 heteroatoms. The van der Waals surface area contributed by atoms with Crippen LogP contribution in [0, 0.1) is 5.92 Å². The van der Waals surface area contributed by atoms with E-state index in [1.54, 1.807) is 36.4 Å². The first-order valence-corrected chi connectivity index (χ1v) is 13.4. The van der Waals surface area contributed by atoms with Crippen molar-refractivity contribution in [1.82, 2.24) is 5.32 Å². The number of methoxy groups -OCH3 is 4. The summed E-state index contributed by atoms with van der Waals surface area (Å²) in [5.41, 5.74) is -0.0957. The Labute approximate surface area is 258 Å². The third kappa shape index (κ3) is 8.85. The van der Waals surface area contributed by atoms with Crippen LogP contribution in [0.3, 0.4) is 0 Å². The summed E-state index contributed by atoms with van der Waals surface area (Å²) < 4.78 is 61.9. The predicted molar refractivity (Wildman–Crippen MR) is 163 cm³/mol. The topological polar surface area (TPSA) is 100 Å². The van der Waals surface area contributed by atoms with E-state index in [1.165, 1.54) is 46.7 Å². The number of nitrogens with one attached hydrogen (secondary N) is 1. The number of benzene rings is 3. The van der Waals surface area contributed by atoms with Crippen molar-refractivity contribution < 1.29 is 46.5 Å². The number of allylic oxidation sites excluding steroid dienone is 2. The highest BCUT2D eigenvalue weighted by molar-refractivity contribution is 6.14. The summed E-state index contributed by atoms with van der Waals surface area (Å²) in [7, 11) is 5.82. The van der Waals surface area contributed by atoms with Gasteiger partial charge in [-0.15, -0.1) is 0 Å². The zero-order valence-electron chi connectivity index (χ0n) is 25.0. The Morgan fingerprint density at radius 2 is 1.22 bits per heavy atom. The molecule has 0 aliphatic rings. The fourth-order valence-electron chi connectivity index (χ4n) is 4.43. The standard InChI is InChI=1S/C34H32F3NO7/c1-6-31(41)38-33(23-8-7-9-24(20-23)34(35,36)37)32(25(39)14-10-21-12-16-27(42-2)29(18-21)44-4)26(40)15-11-22-13-17-28(43-3)30(19-22)45-5/h6-20,32-33H,1H2,2-5H3,(H,38,41). The van der Waals surface area contributed by atoms with Crippen LogP contribution in [0.1, 0.15) is 28.3 Å². The molecular weight excluding hydrogens is 591 g/mol. The van der Waals surface area contributed by atoms with Gasteiger partial charge in [0, 0.05) is 0 Å². The quantitative estimate of drug-likeness (QED) is 0.167. The van der Waals surface area contributed by atoms with Gasteiger partial charge in [0.1, 0.15) is 5.92 Å². The summed E-state index contributed by atoms with van der Waals surface area (Å²) in [6.45, 7) is 3.39. The molecule has 0 aliphatic heterocycles. The molecule has 3 aromatic carbocycles. The Kier molecular flexibility index (Phi) is 11.7. The Morgan fingerprint density at radius 3 is 1.64 bits per heavy atom. The molecule has 0 saturated carbocycles. The summed E-state index contributed by atoms with van der Waals surface area (Å²) in [4.78, 5) is 40.0. The molecule has 3 rings (SSSR count). The minimum Gasteiger partial charge on any atom is -0.493 e. The normalized spacial score (nSPS) is 12.8. The number of hydrogen-bond donors (Lipinski definition) is 1. The summed E-state index contributed by atoms with van der Waals surface area (Å²) in [5.74, 6) is -2.34. The van der Waals surface area contributed by atoms with Crippen molar-refractivity contribution in [3.8, 4) is 23.0 Å². The molecule has 0 heterocycles. The molecule has 0 radical (unpaired) electrons. The third-order valence-electron chi connectivity index (χ3n) is 6.70. The van der Waals surface area contributed by atoms with Crippen LogP contribution in [-0.2, 0) is 20.6 Å². The van der Waals surface area contributed by atoms with Gasteiger partial charge >= 0.3 is 6.18 Å². The zero-order chi connectivity index (χ0) is 33.1. The molecule has 0 aromatic heterocycles. The van der Waals surface area contributed by atoms with Crippen molar-refractivity contribution in [2.45, 2.75) is 12.2 Å². The van der Waals surface area contributed by atoms with E-state index in [0.717, 1.165) is 36.4 Å². The molecular formula is C34H32F3NO7. The molecule has 0 fully saturated rings. The molecule has 1 unspecified atom stereocenters. The number of ether oxygens (including phenoxy) is 4. The minimum absolute atomic E-state index is 0.106. The second kappa shape index (κ2) is 15.4. The first kappa shape index (κ1) is 34.2. The van der Waals surface area contributed by atoms with Gasteiger partial charge < -0.3 is 24.3 Å². The van der Waals surface area contributed by atoms with E-state index in [1.807, 2.05) is 0 Å². The predicted octanol–water partition coefficient (Wildman–Crippen LogP) is 6.26. The highest BCUT2D eigenvalue weighted by Crippen LogP contribution is 2.34. The van der Waals surface area contributed by atoms with Crippen LogP contribution in [0.15, 0.2) is 85.5 Å². The van der Waals surface area contributed by atoms with Crippen LogP contribution in [0.25, 0.3) is 12.2 Å². The number of amides is 1. The Balaban J connectivity index is 2.12. The maximum atomic E-state index is 13.8. The lowest BCUT2D eigenvalue weighted by molar-refractivity contribution is -0.137. The van der Waals surface area contributed by atoms with Crippen molar-refractivity contribution in [3.05, 3.63) is 108 Å². The second-order valence-electron chi connectivity index (χ2n) is 9.49. The zero-order valence-corrected chi connectivity index (χ0v) is 25.0. The molecule has 3 aromatic rings. The number of carbonyl (C=O) groups is 3. The van der Waals surface area contributed by atoms with Gasteiger partial charge in [-0.3, -0.25) is 14.4 Å². The molecule has 0 spiro atoms. The van der Waals surface area contributed by atoms with Crippen molar-refractivity contribution >= 4 is 29.6 Å².